The molecule has 0 N–H and O–H groups in total. The van der Waals surface area contributed by atoms with Gasteiger partial charge < -0.3 is 9.47 Å². The van der Waals surface area contributed by atoms with E-state index in [9.17, 15) is 4.79 Å². The van der Waals surface area contributed by atoms with E-state index >= 15 is 0 Å². The zero-order chi connectivity index (χ0) is 17.1. The lowest BCUT2D eigenvalue weighted by Crippen LogP contribution is -2.03. The number of esters is 1. The van der Waals surface area contributed by atoms with Crippen LogP contribution >= 0.6 is 23.1 Å². The third-order valence-corrected chi connectivity index (χ3v) is 5.09. The molecule has 0 amide bonds. The standard InChI is InChI=1S/C17H16N2O3S2/c1-4-22-17(20)13-12(21-2)11-15(23-3)18-14(19-16(11)24-13)10-8-6-5-7-9-10/h5-9H,4H2,1-3H3. The number of hydrogen-bond acceptors (Lipinski definition) is 7. The Labute approximate surface area is 148 Å². The lowest BCUT2D eigenvalue weighted by molar-refractivity contribution is 0.0529. The maximum absolute atomic E-state index is 12.2. The number of hydrogen-bond donors (Lipinski definition) is 0. The summed E-state index contributed by atoms with van der Waals surface area (Å²) in [5.41, 5.74) is 0.930. The van der Waals surface area contributed by atoms with Crippen LogP contribution in [0, 0.1) is 0 Å². The average Bonchev–Trinajstić information content (AvgIpc) is 3.00. The van der Waals surface area contributed by atoms with Crippen LogP contribution in [0.3, 0.4) is 0 Å². The second-order valence-electron chi connectivity index (χ2n) is 4.79. The summed E-state index contributed by atoms with van der Waals surface area (Å²) in [7, 11) is 1.54. The normalized spacial score (nSPS) is 10.8. The van der Waals surface area contributed by atoms with Crippen LogP contribution in [-0.4, -0.2) is 35.9 Å². The number of carbonyl (C=O) groups is 1. The van der Waals surface area contributed by atoms with E-state index in [1.54, 1.807) is 14.0 Å². The van der Waals surface area contributed by atoms with Crippen LogP contribution in [0.2, 0.25) is 0 Å². The Hall–Kier alpha value is -2.12. The predicted octanol–water partition coefficient (Wildman–Crippen LogP) is 4.27. The highest BCUT2D eigenvalue weighted by Gasteiger charge is 2.25. The van der Waals surface area contributed by atoms with Crippen molar-refractivity contribution in [1.82, 2.24) is 9.97 Å². The van der Waals surface area contributed by atoms with E-state index in [4.69, 9.17) is 9.47 Å². The van der Waals surface area contributed by atoms with Crippen molar-refractivity contribution < 1.29 is 14.3 Å². The van der Waals surface area contributed by atoms with Gasteiger partial charge in [0.15, 0.2) is 16.5 Å². The van der Waals surface area contributed by atoms with Crippen molar-refractivity contribution in [3.63, 3.8) is 0 Å². The van der Waals surface area contributed by atoms with Crippen LogP contribution in [0.5, 0.6) is 5.75 Å². The summed E-state index contributed by atoms with van der Waals surface area (Å²) in [6, 6.07) is 9.76. The molecule has 0 aliphatic rings. The summed E-state index contributed by atoms with van der Waals surface area (Å²) < 4.78 is 10.6. The Morgan fingerprint density at radius 3 is 2.62 bits per heavy atom. The topological polar surface area (TPSA) is 61.3 Å². The van der Waals surface area contributed by atoms with Gasteiger partial charge >= 0.3 is 5.97 Å². The zero-order valence-corrected chi connectivity index (χ0v) is 15.2. The van der Waals surface area contributed by atoms with Crippen molar-refractivity contribution in [3.8, 4) is 17.1 Å². The van der Waals surface area contributed by atoms with Gasteiger partial charge in [-0.15, -0.1) is 23.1 Å². The van der Waals surface area contributed by atoms with Gasteiger partial charge in [0.1, 0.15) is 9.86 Å². The molecule has 24 heavy (non-hydrogen) atoms. The Balaban J connectivity index is 2.23. The Kier molecular flexibility index (Phi) is 5.01. The number of aromatic nitrogens is 2. The highest BCUT2D eigenvalue weighted by atomic mass is 32.2. The maximum Gasteiger partial charge on any atom is 0.352 e. The minimum Gasteiger partial charge on any atom is -0.494 e. The van der Waals surface area contributed by atoms with E-state index in [2.05, 4.69) is 9.97 Å². The van der Waals surface area contributed by atoms with Crippen molar-refractivity contribution in [1.29, 1.82) is 0 Å². The number of thiophene rings is 1. The smallest absolute Gasteiger partial charge is 0.352 e. The van der Waals surface area contributed by atoms with E-state index in [0.717, 1.165) is 16.0 Å². The minimum absolute atomic E-state index is 0.312. The number of carbonyl (C=O) groups excluding carboxylic acids is 1. The van der Waals surface area contributed by atoms with Crippen LogP contribution < -0.4 is 4.74 Å². The molecule has 0 saturated carbocycles. The van der Waals surface area contributed by atoms with Crippen LogP contribution in [0.4, 0.5) is 0 Å². The van der Waals surface area contributed by atoms with Crippen LogP contribution in [0.1, 0.15) is 16.6 Å². The SMILES string of the molecule is CCOC(=O)c1sc2nc(-c3ccccc3)nc(SC)c2c1OC. The number of rotatable bonds is 5. The van der Waals surface area contributed by atoms with Gasteiger partial charge in [0, 0.05) is 5.56 Å². The number of fused-ring (bicyclic) bond motifs is 1. The van der Waals surface area contributed by atoms with Crippen LogP contribution in [0.25, 0.3) is 21.6 Å². The average molecular weight is 360 g/mol. The molecule has 0 aliphatic carbocycles. The van der Waals surface area contributed by atoms with Gasteiger partial charge in [0.05, 0.1) is 19.1 Å². The second kappa shape index (κ2) is 7.19. The van der Waals surface area contributed by atoms with Crippen molar-refractivity contribution in [2.75, 3.05) is 20.0 Å². The molecule has 3 aromatic rings. The third-order valence-electron chi connectivity index (χ3n) is 3.36. The van der Waals surface area contributed by atoms with E-state index in [1.807, 2.05) is 36.6 Å². The van der Waals surface area contributed by atoms with Crippen molar-refractivity contribution in [2.24, 2.45) is 0 Å². The molecular weight excluding hydrogens is 344 g/mol. The molecule has 3 rings (SSSR count). The highest BCUT2D eigenvalue weighted by Crippen LogP contribution is 2.42. The fraction of sp³-hybridized carbons (Fsp3) is 0.235. The van der Waals surface area contributed by atoms with Crippen molar-refractivity contribution in [2.45, 2.75) is 11.9 Å². The number of ether oxygens (including phenoxy) is 2. The quantitative estimate of drug-likeness (QED) is 0.385. The molecule has 0 unspecified atom stereocenters. The Bertz CT molecular complexity index is 878. The molecule has 1 aromatic carbocycles. The second-order valence-corrected chi connectivity index (χ2v) is 6.58. The van der Waals surface area contributed by atoms with Crippen LogP contribution in [0.15, 0.2) is 35.4 Å². The first kappa shape index (κ1) is 16.7. The molecule has 0 aliphatic heterocycles. The van der Waals surface area contributed by atoms with Crippen molar-refractivity contribution >= 4 is 39.3 Å². The summed E-state index contributed by atoms with van der Waals surface area (Å²) in [4.78, 5) is 22.6. The molecule has 7 heteroatoms. The minimum atomic E-state index is -0.398. The van der Waals surface area contributed by atoms with Gasteiger partial charge in [-0.1, -0.05) is 30.3 Å². The molecule has 0 saturated heterocycles. The van der Waals surface area contributed by atoms with Gasteiger partial charge in [-0.05, 0) is 13.2 Å². The number of methoxy groups -OCH3 is 1. The summed E-state index contributed by atoms with van der Waals surface area (Å²) in [5, 5.41) is 1.54. The Morgan fingerprint density at radius 2 is 2.00 bits per heavy atom. The number of thioether (sulfide) groups is 1. The fourth-order valence-corrected chi connectivity index (χ4v) is 4.01. The lowest BCUT2D eigenvalue weighted by atomic mass is 10.2. The van der Waals surface area contributed by atoms with Gasteiger partial charge in [-0.3, -0.25) is 0 Å². The largest absolute Gasteiger partial charge is 0.494 e. The molecule has 2 heterocycles. The Morgan fingerprint density at radius 1 is 1.25 bits per heavy atom. The van der Waals surface area contributed by atoms with Gasteiger partial charge in [-0.25, -0.2) is 14.8 Å². The molecule has 2 aromatic heterocycles. The molecule has 0 fully saturated rings. The summed E-state index contributed by atoms with van der Waals surface area (Å²) in [6.45, 7) is 2.09. The van der Waals surface area contributed by atoms with E-state index < -0.39 is 5.97 Å². The first-order valence-corrected chi connectivity index (χ1v) is 9.38. The summed E-state index contributed by atoms with van der Waals surface area (Å²) in [5.74, 6) is 0.717. The lowest BCUT2D eigenvalue weighted by Gasteiger charge is -2.06. The van der Waals surface area contributed by atoms with Gasteiger partial charge in [0.25, 0.3) is 0 Å². The molecule has 0 atom stereocenters. The molecule has 0 radical (unpaired) electrons. The van der Waals surface area contributed by atoms with Gasteiger partial charge in [0.2, 0.25) is 0 Å². The first-order chi connectivity index (χ1) is 11.7. The van der Waals surface area contributed by atoms with E-state index in [0.29, 0.717) is 27.9 Å². The summed E-state index contributed by atoms with van der Waals surface area (Å²) in [6.07, 6.45) is 1.94. The third kappa shape index (κ3) is 2.97. The molecule has 5 nitrogen and oxygen atoms in total. The monoisotopic (exact) mass is 360 g/mol. The van der Waals surface area contributed by atoms with Crippen LogP contribution in [-0.2, 0) is 4.74 Å². The predicted molar refractivity (Wildman–Crippen MR) is 97.1 cm³/mol. The molecule has 0 spiro atoms. The number of nitrogens with zero attached hydrogens (tertiary/aromatic N) is 2. The molecular formula is C17H16N2O3S2. The van der Waals surface area contributed by atoms with Crippen molar-refractivity contribution in [3.05, 3.63) is 35.2 Å². The zero-order valence-electron chi connectivity index (χ0n) is 13.5. The summed E-state index contributed by atoms with van der Waals surface area (Å²) >= 11 is 2.77. The maximum atomic E-state index is 12.2. The molecule has 124 valence electrons. The number of benzene rings is 1. The van der Waals surface area contributed by atoms with Gasteiger partial charge in [-0.2, -0.15) is 0 Å². The van der Waals surface area contributed by atoms with E-state index in [1.165, 1.54) is 23.1 Å². The van der Waals surface area contributed by atoms with E-state index in [-0.39, 0.29) is 0 Å². The first-order valence-electron chi connectivity index (χ1n) is 7.34. The fourth-order valence-electron chi connectivity index (χ4n) is 2.34. The highest BCUT2D eigenvalue weighted by molar-refractivity contribution is 7.98. The molecule has 0 bridgehead atoms.